The first-order valence-corrected chi connectivity index (χ1v) is 31.0. The first kappa shape index (κ1) is 72.4. The van der Waals surface area contributed by atoms with E-state index in [0.29, 0.717) is 0 Å². The van der Waals surface area contributed by atoms with E-state index in [-0.39, 0.29) is 67.9 Å². The van der Waals surface area contributed by atoms with Gasteiger partial charge in [-0.15, -0.1) is 0 Å². The first-order valence-electron chi connectivity index (χ1n) is 31.0. The summed E-state index contributed by atoms with van der Waals surface area (Å²) in [4.78, 5) is 56.9. The highest BCUT2D eigenvalue weighted by molar-refractivity contribution is 5.73. The van der Waals surface area contributed by atoms with Gasteiger partial charge in [0.1, 0.15) is 54.8 Å². The Morgan fingerprint density at radius 1 is 0.326 bits per heavy atom. The monoisotopic (exact) mass is 1190 g/mol. The van der Waals surface area contributed by atoms with Crippen LogP contribution in [0, 0.1) is 11.3 Å². The van der Waals surface area contributed by atoms with Crippen molar-refractivity contribution in [3.05, 3.63) is 115 Å². The SMILES string of the molecule is CC(Cc1cc(C(C)(C)C)c(O)c(C(C)(C)C)c1)C(=O)OCC(COC(=O)CCc1cc(C(C)(C)C)c(O)c(C(C)(C)C)c1)(COC(=O)CCc1cc(C(C)(C)C)c(O)c(C(C)(C)C)c1)COC(=O)CCc1cc(C(C)(C)C)c(O)c(C(C)(C)C)c1. The molecule has 478 valence electrons. The van der Waals surface area contributed by atoms with Crippen molar-refractivity contribution in [2.45, 2.75) is 261 Å². The fraction of sp³-hybridized carbons (Fsp3) is 0.622. The van der Waals surface area contributed by atoms with Crippen molar-refractivity contribution in [1.29, 1.82) is 0 Å². The second-order valence-electron chi connectivity index (χ2n) is 32.9. The largest absolute Gasteiger partial charge is 0.507 e. The van der Waals surface area contributed by atoms with Crippen molar-refractivity contribution in [1.82, 2.24) is 0 Å². The molecule has 0 heterocycles. The summed E-state index contributed by atoms with van der Waals surface area (Å²) in [7, 11) is 0. The number of carbonyl (C=O) groups is 4. The molecule has 0 aromatic heterocycles. The number of esters is 4. The second kappa shape index (κ2) is 26.7. The molecule has 0 spiro atoms. The van der Waals surface area contributed by atoms with Crippen LogP contribution in [0.4, 0.5) is 0 Å². The lowest BCUT2D eigenvalue weighted by Crippen LogP contribution is -2.44. The van der Waals surface area contributed by atoms with E-state index in [9.17, 15) is 39.6 Å². The number of benzene rings is 4. The maximum atomic E-state index is 14.4. The van der Waals surface area contributed by atoms with E-state index in [4.69, 9.17) is 18.9 Å². The molecule has 0 radical (unpaired) electrons. The van der Waals surface area contributed by atoms with Crippen LogP contribution in [0.25, 0.3) is 0 Å². The highest BCUT2D eigenvalue weighted by Crippen LogP contribution is 2.44. The molecular weight excluding hydrogens is 1080 g/mol. The minimum Gasteiger partial charge on any atom is -0.507 e. The van der Waals surface area contributed by atoms with E-state index in [1.165, 1.54) is 0 Å². The summed E-state index contributed by atoms with van der Waals surface area (Å²) >= 11 is 0. The van der Waals surface area contributed by atoms with Crippen molar-refractivity contribution in [2.24, 2.45) is 11.3 Å². The van der Waals surface area contributed by atoms with Crippen LogP contribution in [-0.2, 0) is 107 Å². The molecule has 0 fully saturated rings. The number of ether oxygens (including phenoxy) is 4. The van der Waals surface area contributed by atoms with Gasteiger partial charge in [-0.05, 0) is 136 Å². The van der Waals surface area contributed by atoms with Crippen LogP contribution in [-0.4, -0.2) is 70.7 Å². The molecular formula is C74H110O12. The Labute approximate surface area is 517 Å². The summed E-state index contributed by atoms with van der Waals surface area (Å²) in [6.07, 6.45) is 0.887. The fourth-order valence-corrected chi connectivity index (χ4v) is 10.6. The number of aromatic hydroxyl groups is 4. The van der Waals surface area contributed by atoms with Gasteiger partial charge in [0, 0.05) is 19.3 Å². The smallest absolute Gasteiger partial charge is 0.309 e. The molecule has 4 rings (SSSR count). The Kier molecular flexibility index (Phi) is 22.5. The number of aryl methyl sites for hydroxylation is 3. The number of hydrogen-bond donors (Lipinski definition) is 4. The van der Waals surface area contributed by atoms with Crippen molar-refractivity contribution in [2.75, 3.05) is 26.4 Å². The summed E-state index contributed by atoms with van der Waals surface area (Å²) in [5, 5.41) is 45.8. The average Bonchev–Trinajstić information content (AvgIpc) is 1.65. The fourth-order valence-electron chi connectivity index (χ4n) is 10.6. The lowest BCUT2D eigenvalue weighted by Gasteiger charge is -2.32. The van der Waals surface area contributed by atoms with Gasteiger partial charge in [-0.3, -0.25) is 19.2 Å². The van der Waals surface area contributed by atoms with Crippen LogP contribution in [0.3, 0.4) is 0 Å². The number of phenolic OH excluding ortho intramolecular Hbond substituents is 4. The summed E-state index contributed by atoms with van der Waals surface area (Å²) < 4.78 is 24.6. The molecule has 86 heavy (non-hydrogen) atoms. The molecule has 0 aliphatic rings. The third-order valence-electron chi connectivity index (χ3n) is 16.1. The van der Waals surface area contributed by atoms with Gasteiger partial charge in [0.05, 0.1) is 5.92 Å². The van der Waals surface area contributed by atoms with Crippen molar-refractivity contribution in [3.63, 3.8) is 0 Å². The van der Waals surface area contributed by atoms with Gasteiger partial charge >= 0.3 is 23.9 Å². The van der Waals surface area contributed by atoms with E-state index in [2.05, 4.69) is 0 Å². The maximum Gasteiger partial charge on any atom is 0.309 e. The molecule has 12 nitrogen and oxygen atoms in total. The molecule has 4 aromatic rings. The van der Waals surface area contributed by atoms with Crippen LogP contribution in [0.2, 0.25) is 0 Å². The number of rotatable bonds is 20. The van der Waals surface area contributed by atoms with Crippen LogP contribution in [0.5, 0.6) is 23.0 Å². The number of carbonyl (C=O) groups excluding carboxylic acids is 4. The molecule has 0 amide bonds. The Morgan fingerprint density at radius 3 is 0.709 bits per heavy atom. The third-order valence-corrected chi connectivity index (χ3v) is 16.1. The van der Waals surface area contributed by atoms with E-state index < -0.39 is 105 Å². The van der Waals surface area contributed by atoms with Crippen molar-refractivity contribution in [3.8, 4) is 23.0 Å². The predicted molar refractivity (Wildman–Crippen MR) is 346 cm³/mol. The maximum absolute atomic E-state index is 14.4. The standard InChI is InChI=1S/C74H110O12/c1-45(32-49-39-56(72(20,21)22)64(81)57(40-49)73(23,24)25)65(82)86-44-74(41-83-58(75)29-26-46-33-50(66(2,3)4)61(78)51(34-46)67(5,6)7,42-84-59(76)30-27-47-35-52(68(8,9)10)62(79)53(36-47)69(11,12)13)43-85-60(77)31-28-48-37-54(70(14,15)16)63(80)55(38-48)71(17,18)19/h33-40,45,78-81H,26-32,41-44H2,1-25H3. The molecule has 0 aliphatic carbocycles. The van der Waals surface area contributed by atoms with Crippen LogP contribution in [0.1, 0.15) is 259 Å². The van der Waals surface area contributed by atoms with Gasteiger partial charge in [-0.2, -0.15) is 0 Å². The summed E-state index contributed by atoms with van der Waals surface area (Å²) in [6.45, 7) is 48.5. The third kappa shape index (κ3) is 19.7. The van der Waals surface area contributed by atoms with Crippen LogP contribution < -0.4 is 0 Å². The van der Waals surface area contributed by atoms with Gasteiger partial charge in [0.25, 0.3) is 0 Å². The summed E-state index contributed by atoms with van der Waals surface area (Å²) in [5.41, 5.74) is 4.56. The summed E-state index contributed by atoms with van der Waals surface area (Å²) in [6, 6.07) is 15.4. The Morgan fingerprint density at radius 2 is 0.512 bits per heavy atom. The molecule has 4 N–H and O–H groups in total. The number of phenols is 4. The van der Waals surface area contributed by atoms with Crippen molar-refractivity contribution < 1.29 is 58.6 Å². The molecule has 0 bridgehead atoms. The zero-order valence-corrected chi connectivity index (χ0v) is 57.5. The molecule has 12 heteroatoms. The highest BCUT2D eigenvalue weighted by atomic mass is 16.6. The minimum atomic E-state index is -1.60. The number of hydrogen-bond acceptors (Lipinski definition) is 12. The second-order valence-corrected chi connectivity index (χ2v) is 32.9. The van der Waals surface area contributed by atoms with Gasteiger partial charge in [-0.1, -0.05) is 222 Å². The molecule has 1 unspecified atom stereocenters. The molecule has 1 atom stereocenters. The Bertz CT molecular complexity index is 2680. The topological polar surface area (TPSA) is 186 Å². The lowest BCUT2D eigenvalue weighted by molar-refractivity contribution is -0.172. The predicted octanol–water partition coefficient (Wildman–Crippen LogP) is 16.1. The van der Waals surface area contributed by atoms with E-state index >= 15 is 0 Å². The summed E-state index contributed by atoms with van der Waals surface area (Å²) in [5.74, 6) is -2.21. The molecule has 0 saturated carbocycles. The van der Waals surface area contributed by atoms with E-state index in [1.54, 1.807) is 6.92 Å². The molecule has 4 aromatic carbocycles. The zero-order valence-electron chi connectivity index (χ0n) is 57.5. The van der Waals surface area contributed by atoms with Gasteiger partial charge in [-0.25, -0.2) is 0 Å². The van der Waals surface area contributed by atoms with E-state index in [1.807, 2.05) is 215 Å². The van der Waals surface area contributed by atoms with Gasteiger partial charge in [0.15, 0.2) is 0 Å². The quantitative estimate of drug-likeness (QED) is 0.0485. The molecule has 0 saturated heterocycles. The van der Waals surface area contributed by atoms with Crippen LogP contribution in [0.15, 0.2) is 48.5 Å². The van der Waals surface area contributed by atoms with Crippen molar-refractivity contribution >= 4 is 23.9 Å². The normalized spacial score (nSPS) is 13.5. The van der Waals surface area contributed by atoms with Gasteiger partial charge < -0.3 is 39.4 Å². The Balaban J connectivity index is 1.79. The molecule has 0 aliphatic heterocycles. The lowest BCUT2D eigenvalue weighted by atomic mass is 9.77. The van der Waals surface area contributed by atoms with Crippen LogP contribution >= 0.6 is 0 Å². The zero-order chi connectivity index (χ0) is 65.9. The minimum absolute atomic E-state index is 0.0658. The Hall–Kier alpha value is -6.04. The highest BCUT2D eigenvalue weighted by Gasteiger charge is 2.40. The van der Waals surface area contributed by atoms with E-state index in [0.717, 1.165) is 66.8 Å². The van der Waals surface area contributed by atoms with Gasteiger partial charge in [0.2, 0.25) is 0 Å². The average molecular weight is 1190 g/mol. The first-order chi connectivity index (χ1) is 38.9.